The standard InChI is InChI=1S/C12H26N2O4S2/c1-11(2)10-14(7-3-6-13)20(17,18)12-4-8-19(15,16)9-5-12/h11-12H,3-10,13H2,1-2H3. The van der Waals surface area contributed by atoms with Crippen LogP contribution in [0, 0.1) is 5.92 Å². The largest absolute Gasteiger partial charge is 0.330 e. The predicted molar refractivity (Wildman–Crippen MR) is 80.7 cm³/mol. The fourth-order valence-corrected chi connectivity index (χ4v) is 6.31. The predicted octanol–water partition coefficient (Wildman–Crippen LogP) is 0.200. The summed E-state index contributed by atoms with van der Waals surface area (Å²) >= 11 is 0. The molecule has 0 bridgehead atoms. The van der Waals surface area contributed by atoms with Gasteiger partial charge in [0.05, 0.1) is 16.8 Å². The van der Waals surface area contributed by atoms with Crippen LogP contribution in [0.1, 0.15) is 33.1 Å². The van der Waals surface area contributed by atoms with E-state index in [0.29, 0.717) is 26.1 Å². The minimum Gasteiger partial charge on any atom is -0.330 e. The van der Waals surface area contributed by atoms with Gasteiger partial charge in [0.1, 0.15) is 9.84 Å². The highest BCUT2D eigenvalue weighted by Gasteiger charge is 2.36. The number of hydrogen-bond acceptors (Lipinski definition) is 5. The van der Waals surface area contributed by atoms with Gasteiger partial charge in [-0.3, -0.25) is 0 Å². The van der Waals surface area contributed by atoms with Crippen LogP contribution in [0.5, 0.6) is 0 Å². The molecule has 1 saturated heterocycles. The van der Waals surface area contributed by atoms with Crippen molar-refractivity contribution >= 4 is 19.9 Å². The Hall–Kier alpha value is -0.180. The van der Waals surface area contributed by atoms with Crippen molar-refractivity contribution in [2.45, 2.75) is 38.4 Å². The molecule has 1 heterocycles. The van der Waals surface area contributed by atoms with Crippen LogP contribution >= 0.6 is 0 Å². The maximum atomic E-state index is 12.6. The van der Waals surface area contributed by atoms with E-state index in [-0.39, 0.29) is 30.3 Å². The maximum Gasteiger partial charge on any atom is 0.217 e. The van der Waals surface area contributed by atoms with E-state index in [2.05, 4.69) is 0 Å². The van der Waals surface area contributed by atoms with Gasteiger partial charge in [0.25, 0.3) is 0 Å². The van der Waals surface area contributed by atoms with Crippen LogP contribution in [-0.2, 0) is 19.9 Å². The summed E-state index contributed by atoms with van der Waals surface area (Å²) in [4.78, 5) is 0. The van der Waals surface area contributed by atoms with Gasteiger partial charge >= 0.3 is 0 Å². The van der Waals surface area contributed by atoms with Crippen molar-refractivity contribution in [1.82, 2.24) is 4.31 Å². The smallest absolute Gasteiger partial charge is 0.217 e. The summed E-state index contributed by atoms with van der Waals surface area (Å²) in [6, 6.07) is 0. The second-order valence-corrected chi connectivity index (χ2v) is 10.3. The van der Waals surface area contributed by atoms with Gasteiger partial charge in [-0.1, -0.05) is 13.8 Å². The molecule has 1 fully saturated rings. The molecule has 1 rings (SSSR count). The summed E-state index contributed by atoms with van der Waals surface area (Å²) in [6.07, 6.45) is 1.04. The van der Waals surface area contributed by atoms with E-state index in [4.69, 9.17) is 5.73 Å². The van der Waals surface area contributed by atoms with Gasteiger partial charge in [0.2, 0.25) is 10.0 Å². The Morgan fingerprint density at radius 2 is 1.80 bits per heavy atom. The first-order valence-electron chi connectivity index (χ1n) is 7.08. The third-order valence-corrected chi connectivity index (χ3v) is 7.54. The van der Waals surface area contributed by atoms with Crippen LogP contribution in [-0.4, -0.2) is 57.5 Å². The van der Waals surface area contributed by atoms with E-state index in [0.717, 1.165) is 0 Å². The number of sulfone groups is 1. The molecule has 8 heteroatoms. The van der Waals surface area contributed by atoms with Gasteiger partial charge in [0.15, 0.2) is 0 Å². The summed E-state index contributed by atoms with van der Waals surface area (Å²) in [7, 11) is -6.47. The molecule has 1 aliphatic heterocycles. The highest BCUT2D eigenvalue weighted by molar-refractivity contribution is 7.92. The molecule has 0 saturated carbocycles. The average molecular weight is 326 g/mol. The summed E-state index contributed by atoms with van der Waals surface area (Å²) in [5, 5.41) is -0.567. The van der Waals surface area contributed by atoms with Crippen molar-refractivity contribution in [2.24, 2.45) is 11.7 Å². The molecule has 20 heavy (non-hydrogen) atoms. The zero-order chi connectivity index (χ0) is 15.4. The zero-order valence-electron chi connectivity index (χ0n) is 12.3. The number of rotatable bonds is 7. The average Bonchev–Trinajstić information content (AvgIpc) is 2.33. The molecule has 0 aromatic rings. The summed E-state index contributed by atoms with van der Waals surface area (Å²) in [6.45, 7) is 5.27. The fraction of sp³-hybridized carbons (Fsp3) is 1.00. The summed E-state index contributed by atoms with van der Waals surface area (Å²) < 4.78 is 49.6. The highest BCUT2D eigenvalue weighted by atomic mass is 32.2. The van der Waals surface area contributed by atoms with Crippen LogP contribution in [0.4, 0.5) is 0 Å². The van der Waals surface area contributed by atoms with Gasteiger partial charge in [-0.05, 0) is 31.7 Å². The minimum absolute atomic E-state index is 0.0245. The molecule has 120 valence electrons. The van der Waals surface area contributed by atoms with Crippen LogP contribution in [0.2, 0.25) is 0 Å². The minimum atomic E-state index is -3.43. The van der Waals surface area contributed by atoms with Gasteiger partial charge in [-0.25, -0.2) is 21.1 Å². The first-order valence-corrected chi connectivity index (χ1v) is 10.4. The molecule has 0 spiro atoms. The third kappa shape index (κ3) is 4.98. The topological polar surface area (TPSA) is 97.5 Å². The molecule has 0 aromatic carbocycles. The van der Waals surface area contributed by atoms with Crippen LogP contribution in [0.15, 0.2) is 0 Å². The number of nitrogens with zero attached hydrogens (tertiary/aromatic N) is 1. The monoisotopic (exact) mass is 326 g/mol. The van der Waals surface area contributed by atoms with Crippen molar-refractivity contribution in [1.29, 1.82) is 0 Å². The first-order chi connectivity index (χ1) is 9.19. The Morgan fingerprint density at radius 1 is 1.25 bits per heavy atom. The molecule has 0 radical (unpaired) electrons. The molecule has 0 unspecified atom stereocenters. The molecular formula is C12H26N2O4S2. The Morgan fingerprint density at radius 3 is 2.25 bits per heavy atom. The van der Waals surface area contributed by atoms with Crippen LogP contribution in [0.25, 0.3) is 0 Å². The molecule has 0 atom stereocenters. The summed E-state index contributed by atoms with van der Waals surface area (Å²) in [5.74, 6) is 0.182. The third-order valence-electron chi connectivity index (χ3n) is 3.46. The Balaban J connectivity index is 2.81. The van der Waals surface area contributed by atoms with Crippen molar-refractivity contribution in [3.8, 4) is 0 Å². The Kier molecular flexibility index (Phi) is 6.43. The van der Waals surface area contributed by atoms with Gasteiger partial charge in [-0.2, -0.15) is 0 Å². The molecular weight excluding hydrogens is 300 g/mol. The normalized spacial score (nSPS) is 20.6. The van der Waals surface area contributed by atoms with Gasteiger partial charge in [0, 0.05) is 13.1 Å². The van der Waals surface area contributed by atoms with Crippen molar-refractivity contribution in [2.75, 3.05) is 31.1 Å². The van der Waals surface area contributed by atoms with Crippen LogP contribution in [0.3, 0.4) is 0 Å². The van der Waals surface area contributed by atoms with Crippen molar-refractivity contribution < 1.29 is 16.8 Å². The van der Waals surface area contributed by atoms with E-state index in [1.165, 1.54) is 4.31 Å². The van der Waals surface area contributed by atoms with Crippen molar-refractivity contribution in [3.05, 3.63) is 0 Å². The quantitative estimate of drug-likeness (QED) is 0.721. The molecule has 1 aliphatic rings. The molecule has 0 aliphatic carbocycles. The zero-order valence-corrected chi connectivity index (χ0v) is 13.9. The summed E-state index contributed by atoms with van der Waals surface area (Å²) in [5.41, 5.74) is 5.46. The van der Waals surface area contributed by atoms with E-state index in [1.54, 1.807) is 0 Å². The highest BCUT2D eigenvalue weighted by Crippen LogP contribution is 2.23. The van der Waals surface area contributed by atoms with Gasteiger partial charge < -0.3 is 5.73 Å². The molecule has 0 amide bonds. The number of sulfonamides is 1. The van der Waals surface area contributed by atoms with E-state index in [9.17, 15) is 16.8 Å². The molecule has 2 N–H and O–H groups in total. The second kappa shape index (κ2) is 7.20. The van der Waals surface area contributed by atoms with Gasteiger partial charge in [-0.15, -0.1) is 0 Å². The lowest BCUT2D eigenvalue weighted by atomic mass is 10.2. The van der Waals surface area contributed by atoms with E-state index in [1.807, 2.05) is 13.8 Å². The Bertz CT molecular complexity index is 486. The van der Waals surface area contributed by atoms with Crippen molar-refractivity contribution in [3.63, 3.8) is 0 Å². The Labute approximate surface area is 122 Å². The second-order valence-electron chi connectivity index (χ2n) is 5.79. The molecule has 6 nitrogen and oxygen atoms in total. The lowest BCUT2D eigenvalue weighted by molar-refractivity contribution is 0.357. The van der Waals surface area contributed by atoms with E-state index < -0.39 is 25.1 Å². The van der Waals surface area contributed by atoms with Crippen LogP contribution < -0.4 is 5.73 Å². The number of hydrogen-bond donors (Lipinski definition) is 1. The lowest BCUT2D eigenvalue weighted by Gasteiger charge is -2.30. The van der Waals surface area contributed by atoms with E-state index >= 15 is 0 Å². The number of nitrogens with two attached hydrogens (primary N) is 1. The maximum absolute atomic E-state index is 12.6. The first kappa shape index (κ1) is 17.9. The molecule has 0 aromatic heterocycles. The fourth-order valence-electron chi connectivity index (χ4n) is 2.37. The SMILES string of the molecule is CC(C)CN(CCCN)S(=O)(=O)C1CCS(=O)(=O)CC1. The lowest BCUT2D eigenvalue weighted by Crippen LogP contribution is -2.44.